The number of hydrogen-bond donors (Lipinski definition) is 3. The van der Waals surface area contributed by atoms with E-state index in [0.717, 1.165) is 6.07 Å². The lowest BCUT2D eigenvalue weighted by atomic mass is 10.1. The molecular weight excluding hydrogens is 358 g/mol. The molecule has 3 N–H and O–H groups in total. The van der Waals surface area contributed by atoms with E-state index in [1.54, 1.807) is 25.4 Å². The van der Waals surface area contributed by atoms with Crippen LogP contribution in [0.1, 0.15) is 19.4 Å². The average molecular weight is 376 g/mol. The molecule has 0 bridgehead atoms. The summed E-state index contributed by atoms with van der Waals surface area (Å²) in [5.41, 5.74) is 1.79. The van der Waals surface area contributed by atoms with E-state index in [1.807, 2.05) is 13.8 Å². The molecule has 0 atom stereocenters. The molecule has 0 saturated heterocycles. The minimum absolute atomic E-state index is 0.0941. The molecule has 0 fully saturated rings. The predicted octanol–water partition coefficient (Wildman–Crippen LogP) is 3.51. The normalized spacial score (nSPS) is 10.4. The molecule has 0 aliphatic rings. The topological polar surface area (TPSA) is 108 Å². The van der Waals surface area contributed by atoms with Gasteiger partial charge >= 0.3 is 0 Å². The number of phenolic OH excluding ortho intramolecular Hbond substituents is 1. The number of fused-ring (bicyclic) bond motifs is 1. The summed E-state index contributed by atoms with van der Waals surface area (Å²) >= 11 is 0. The van der Waals surface area contributed by atoms with Gasteiger partial charge in [-0.2, -0.15) is 0 Å². The Kier molecular flexibility index (Phi) is 6.17. The van der Waals surface area contributed by atoms with Gasteiger partial charge in [-0.15, -0.1) is 0 Å². The highest BCUT2D eigenvalue weighted by molar-refractivity contribution is 5.87. The van der Waals surface area contributed by atoms with E-state index in [9.17, 15) is 13.9 Å². The first kappa shape index (κ1) is 20.0. The highest BCUT2D eigenvalue weighted by Gasteiger charge is 2.17. The molecule has 0 unspecified atom stereocenters. The van der Waals surface area contributed by atoms with Gasteiger partial charge in [0.25, 0.3) is 6.47 Å². The fourth-order valence-corrected chi connectivity index (χ4v) is 2.44. The van der Waals surface area contributed by atoms with Crippen LogP contribution in [0.15, 0.2) is 24.5 Å². The highest BCUT2D eigenvalue weighted by Crippen LogP contribution is 2.32. The molecule has 7 nitrogen and oxygen atoms in total. The van der Waals surface area contributed by atoms with E-state index < -0.39 is 17.4 Å². The third-order valence-corrected chi connectivity index (χ3v) is 3.53. The molecule has 2 aromatic heterocycles. The van der Waals surface area contributed by atoms with Crippen LogP contribution in [-0.4, -0.2) is 37.7 Å². The zero-order valence-electron chi connectivity index (χ0n) is 14.9. The van der Waals surface area contributed by atoms with Crippen LogP contribution in [0, 0.1) is 18.6 Å². The van der Waals surface area contributed by atoms with Crippen molar-refractivity contribution in [3.8, 4) is 17.0 Å². The molecule has 0 aliphatic heterocycles. The van der Waals surface area contributed by atoms with Gasteiger partial charge in [-0.25, -0.2) is 23.7 Å². The molecule has 27 heavy (non-hydrogen) atoms. The third-order valence-electron chi connectivity index (χ3n) is 3.53. The Balaban J connectivity index is 0.000000817. The van der Waals surface area contributed by atoms with Crippen LogP contribution >= 0.6 is 0 Å². The van der Waals surface area contributed by atoms with Gasteiger partial charge in [-0.05, 0) is 32.4 Å². The number of nitrogens with one attached hydrogen (secondary N) is 1. The number of aromatic hydroxyl groups is 1. The van der Waals surface area contributed by atoms with Crippen LogP contribution in [0.25, 0.3) is 22.2 Å². The van der Waals surface area contributed by atoms with Crippen molar-refractivity contribution in [3.05, 3.63) is 41.7 Å². The van der Waals surface area contributed by atoms with Crippen LogP contribution in [0.2, 0.25) is 0 Å². The smallest absolute Gasteiger partial charge is 0.290 e. The Morgan fingerprint density at radius 2 is 1.78 bits per heavy atom. The van der Waals surface area contributed by atoms with Crippen molar-refractivity contribution in [2.45, 2.75) is 26.8 Å². The molecular formula is C18H18F2N4O3. The molecule has 2 heterocycles. The van der Waals surface area contributed by atoms with E-state index in [1.165, 1.54) is 0 Å². The second kappa shape index (κ2) is 8.35. The molecule has 3 aromatic rings. The van der Waals surface area contributed by atoms with Crippen molar-refractivity contribution in [2.24, 2.45) is 0 Å². The molecule has 0 amide bonds. The summed E-state index contributed by atoms with van der Waals surface area (Å²) in [6.07, 6.45) is 3.19. The first-order chi connectivity index (χ1) is 12.8. The number of benzene rings is 1. The lowest BCUT2D eigenvalue weighted by Gasteiger charge is -2.10. The average Bonchev–Trinajstić information content (AvgIpc) is 2.60. The second-order valence-electron chi connectivity index (χ2n) is 5.94. The minimum atomic E-state index is -1.04. The van der Waals surface area contributed by atoms with Crippen molar-refractivity contribution in [2.75, 3.05) is 5.32 Å². The van der Waals surface area contributed by atoms with Crippen LogP contribution in [-0.2, 0) is 4.79 Å². The van der Waals surface area contributed by atoms with Crippen molar-refractivity contribution in [1.29, 1.82) is 0 Å². The summed E-state index contributed by atoms with van der Waals surface area (Å²) in [6, 6.07) is 2.87. The van der Waals surface area contributed by atoms with Crippen LogP contribution in [0.4, 0.5) is 14.7 Å². The number of nitrogens with zero attached hydrogens (tertiary/aromatic N) is 3. The standard InChI is InChI=1S/C17H16F2N4O.CH2O2/c1-8(2)22-17-20-6-10(7-21-17)12-4-9(3)14-13(23-12)5-11(18)16(24)15(14)19;2-1-3/h4-8,24H,1-3H3,(H,20,21,22);1H,(H,2,3). The predicted molar refractivity (Wildman–Crippen MR) is 96.5 cm³/mol. The van der Waals surface area contributed by atoms with Crippen molar-refractivity contribution >= 4 is 23.3 Å². The fourth-order valence-electron chi connectivity index (χ4n) is 2.44. The summed E-state index contributed by atoms with van der Waals surface area (Å²) in [5, 5.41) is 19.5. The quantitative estimate of drug-likeness (QED) is 0.600. The third kappa shape index (κ3) is 4.43. The maximum atomic E-state index is 14.1. The summed E-state index contributed by atoms with van der Waals surface area (Å²) in [5.74, 6) is -2.55. The first-order valence-electron chi connectivity index (χ1n) is 7.93. The van der Waals surface area contributed by atoms with Crippen molar-refractivity contribution < 1.29 is 23.8 Å². The Bertz CT molecular complexity index is 963. The van der Waals surface area contributed by atoms with E-state index in [-0.39, 0.29) is 23.4 Å². The minimum Gasteiger partial charge on any atom is -0.503 e. The lowest BCUT2D eigenvalue weighted by molar-refractivity contribution is -0.122. The number of hydrogen-bond acceptors (Lipinski definition) is 6. The van der Waals surface area contributed by atoms with Crippen molar-refractivity contribution in [1.82, 2.24) is 15.0 Å². The molecule has 142 valence electrons. The van der Waals surface area contributed by atoms with Gasteiger partial charge in [0, 0.05) is 35.5 Å². The van der Waals surface area contributed by atoms with E-state index in [4.69, 9.17) is 9.90 Å². The number of carboxylic acid groups (broad SMARTS) is 1. The zero-order chi connectivity index (χ0) is 20.1. The Labute approximate surface area is 153 Å². The highest BCUT2D eigenvalue weighted by atomic mass is 19.1. The Morgan fingerprint density at radius 1 is 1.19 bits per heavy atom. The maximum absolute atomic E-state index is 14.1. The van der Waals surface area contributed by atoms with Gasteiger partial charge < -0.3 is 15.5 Å². The van der Waals surface area contributed by atoms with Gasteiger partial charge in [-0.1, -0.05) is 0 Å². The number of phenols is 1. The lowest BCUT2D eigenvalue weighted by Crippen LogP contribution is -2.12. The maximum Gasteiger partial charge on any atom is 0.290 e. The molecule has 0 radical (unpaired) electrons. The Morgan fingerprint density at radius 3 is 2.33 bits per heavy atom. The number of aromatic nitrogens is 3. The molecule has 9 heteroatoms. The van der Waals surface area contributed by atoms with Gasteiger partial charge in [-0.3, -0.25) is 4.79 Å². The van der Waals surface area contributed by atoms with E-state index in [0.29, 0.717) is 22.8 Å². The first-order valence-corrected chi connectivity index (χ1v) is 7.93. The van der Waals surface area contributed by atoms with E-state index in [2.05, 4.69) is 20.3 Å². The Hall–Kier alpha value is -3.36. The van der Waals surface area contributed by atoms with Gasteiger partial charge in [0.05, 0.1) is 11.2 Å². The molecule has 0 spiro atoms. The SMILES string of the molecule is Cc1cc(-c2cnc(NC(C)C)nc2)nc2cc(F)c(O)c(F)c12.O=CO. The summed E-state index contributed by atoms with van der Waals surface area (Å²) in [7, 11) is 0. The van der Waals surface area contributed by atoms with Crippen LogP contribution in [0.3, 0.4) is 0 Å². The number of anilines is 1. The summed E-state index contributed by atoms with van der Waals surface area (Å²) in [4.78, 5) is 21.0. The second-order valence-corrected chi connectivity index (χ2v) is 5.94. The monoisotopic (exact) mass is 376 g/mol. The molecule has 0 saturated carbocycles. The fraction of sp³-hybridized carbons (Fsp3) is 0.222. The number of carbonyl (C=O) groups is 1. The molecule has 1 aromatic carbocycles. The zero-order valence-corrected chi connectivity index (χ0v) is 14.9. The summed E-state index contributed by atoms with van der Waals surface area (Å²) in [6.45, 7) is 5.37. The van der Waals surface area contributed by atoms with Crippen LogP contribution < -0.4 is 5.32 Å². The number of pyridine rings is 1. The molecule has 3 rings (SSSR count). The number of aryl methyl sites for hydroxylation is 1. The van der Waals surface area contributed by atoms with Gasteiger partial charge in [0.15, 0.2) is 17.4 Å². The number of rotatable bonds is 3. The van der Waals surface area contributed by atoms with E-state index >= 15 is 0 Å². The van der Waals surface area contributed by atoms with Gasteiger partial charge in [0.2, 0.25) is 5.95 Å². The number of halogens is 2. The van der Waals surface area contributed by atoms with Crippen LogP contribution in [0.5, 0.6) is 5.75 Å². The molecule has 0 aliphatic carbocycles. The van der Waals surface area contributed by atoms with Gasteiger partial charge in [0.1, 0.15) is 0 Å². The summed E-state index contributed by atoms with van der Waals surface area (Å²) < 4.78 is 27.7. The van der Waals surface area contributed by atoms with Crippen molar-refractivity contribution in [3.63, 3.8) is 0 Å². The largest absolute Gasteiger partial charge is 0.503 e.